The van der Waals surface area contributed by atoms with Crippen LogP contribution in [0.4, 0.5) is 0 Å². The Kier molecular flexibility index (Phi) is 5.66. The SMILES string of the molecule is CN(C)S(=O)(=O)c1ccc(Cl)c(C(=O)NCC(O)c2ccco2)c1. The molecule has 9 heteroatoms. The summed E-state index contributed by atoms with van der Waals surface area (Å²) in [4.78, 5) is 12.2. The third-order valence-corrected chi connectivity index (χ3v) is 5.43. The molecular weight excluding hydrogens is 356 g/mol. The molecule has 0 aliphatic heterocycles. The molecule has 0 saturated heterocycles. The van der Waals surface area contributed by atoms with E-state index < -0.39 is 22.0 Å². The molecule has 0 saturated carbocycles. The highest BCUT2D eigenvalue weighted by molar-refractivity contribution is 7.89. The molecule has 1 heterocycles. The van der Waals surface area contributed by atoms with Gasteiger partial charge in [-0.05, 0) is 30.3 Å². The summed E-state index contributed by atoms with van der Waals surface area (Å²) in [5.41, 5.74) is 0.00577. The van der Waals surface area contributed by atoms with E-state index in [1.165, 1.54) is 38.6 Å². The molecule has 1 aromatic carbocycles. The van der Waals surface area contributed by atoms with Gasteiger partial charge in [-0.15, -0.1) is 0 Å². The number of halogens is 1. The Bertz CT molecular complexity index is 818. The topological polar surface area (TPSA) is 99.9 Å². The molecule has 0 radical (unpaired) electrons. The first-order chi connectivity index (χ1) is 11.2. The van der Waals surface area contributed by atoms with Gasteiger partial charge in [0, 0.05) is 14.1 Å². The Morgan fingerprint density at radius 2 is 2.08 bits per heavy atom. The van der Waals surface area contributed by atoms with Gasteiger partial charge < -0.3 is 14.8 Å². The van der Waals surface area contributed by atoms with E-state index >= 15 is 0 Å². The third-order valence-electron chi connectivity index (χ3n) is 3.29. The van der Waals surface area contributed by atoms with Gasteiger partial charge in [0.05, 0.1) is 28.3 Å². The average molecular weight is 373 g/mol. The Balaban J connectivity index is 2.17. The van der Waals surface area contributed by atoms with Crippen LogP contribution in [-0.4, -0.2) is 44.4 Å². The van der Waals surface area contributed by atoms with E-state index in [0.717, 1.165) is 4.31 Å². The van der Waals surface area contributed by atoms with Gasteiger partial charge in [-0.3, -0.25) is 4.79 Å². The van der Waals surface area contributed by atoms with Crippen LogP contribution in [0.25, 0.3) is 0 Å². The van der Waals surface area contributed by atoms with Gasteiger partial charge >= 0.3 is 0 Å². The summed E-state index contributed by atoms with van der Waals surface area (Å²) >= 11 is 5.99. The monoisotopic (exact) mass is 372 g/mol. The van der Waals surface area contributed by atoms with Gasteiger partial charge in [-0.25, -0.2) is 12.7 Å². The molecule has 7 nitrogen and oxygen atoms in total. The Labute approximate surface area is 144 Å². The lowest BCUT2D eigenvalue weighted by Crippen LogP contribution is -2.29. The molecule has 24 heavy (non-hydrogen) atoms. The van der Waals surface area contributed by atoms with Crippen molar-refractivity contribution in [2.45, 2.75) is 11.0 Å². The van der Waals surface area contributed by atoms with Crippen LogP contribution in [0.5, 0.6) is 0 Å². The van der Waals surface area contributed by atoms with Crippen LogP contribution < -0.4 is 5.32 Å². The first-order valence-corrected chi connectivity index (χ1v) is 8.77. The summed E-state index contributed by atoms with van der Waals surface area (Å²) in [5, 5.41) is 12.5. The third kappa shape index (κ3) is 3.96. The van der Waals surface area contributed by atoms with Crippen molar-refractivity contribution in [2.75, 3.05) is 20.6 Å². The predicted octanol–water partition coefficient (Wildman–Crippen LogP) is 1.65. The van der Waals surface area contributed by atoms with Crippen molar-refractivity contribution in [1.82, 2.24) is 9.62 Å². The van der Waals surface area contributed by atoms with Crippen LogP contribution in [-0.2, 0) is 10.0 Å². The van der Waals surface area contributed by atoms with Crippen molar-refractivity contribution in [3.63, 3.8) is 0 Å². The van der Waals surface area contributed by atoms with Gasteiger partial charge in [0.1, 0.15) is 11.9 Å². The number of hydrogen-bond donors (Lipinski definition) is 2. The molecule has 130 valence electrons. The lowest BCUT2D eigenvalue weighted by Gasteiger charge is -2.14. The molecule has 0 aliphatic carbocycles. The molecule has 0 spiro atoms. The quantitative estimate of drug-likeness (QED) is 0.803. The number of furan rings is 1. The van der Waals surface area contributed by atoms with Crippen molar-refractivity contribution in [3.8, 4) is 0 Å². The standard InChI is InChI=1S/C15H17ClN2O5S/c1-18(2)24(21,22)10-5-6-12(16)11(8-10)15(20)17-9-13(19)14-4-3-7-23-14/h3-8,13,19H,9H2,1-2H3,(H,17,20). The van der Waals surface area contributed by atoms with Gasteiger partial charge in [-0.2, -0.15) is 0 Å². The van der Waals surface area contributed by atoms with Crippen molar-refractivity contribution < 1.29 is 22.7 Å². The zero-order valence-electron chi connectivity index (χ0n) is 13.1. The maximum absolute atomic E-state index is 12.2. The van der Waals surface area contributed by atoms with E-state index in [9.17, 15) is 18.3 Å². The Morgan fingerprint density at radius 3 is 2.67 bits per heavy atom. The number of aliphatic hydroxyl groups excluding tert-OH is 1. The van der Waals surface area contributed by atoms with Crippen LogP contribution in [0.3, 0.4) is 0 Å². The molecule has 1 aromatic heterocycles. The Hall–Kier alpha value is -1.87. The van der Waals surface area contributed by atoms with Gasteiger partial charge in [0.15, 0.2) is 0 Å². The lowest BCUT2D eigenvalue weighted by atomic mass is 10.2. The minimum Gasteiger partial charge on any atom is -0.467 e. The number of carbonyl (C=O) groups excluding carboxylic acids is 1. The molecule has 1 unspecified atom stereocenters. The van der Waals surface area contributed by atoms with E-state index in [-0.39, 0.29) is 22.0 Å². The lowest BCUT2D eigenvalue weighted by molar-refractivity contribution is 0.0901. The molecule has 0 aliphatic rings. The van der Waals surface area contributed by atoms with Crippen molar-refractivity contribution in [1.29, 1.82) is 0 Å². The number of nitrogens with one attached hydrogen (secondary N) is 1. The van der Waals surface area contributed by atoms with Crippen LogP contribution in [0.2, 0.25) is 5.02 Å². The maximum atomic E-state index is 12.2. The largest absolute Gasteiger partial charge is 0.467 e. The number of benzene rings is 1. The number of hydrogen-bond acceptors (Lipinski definition) is 5. The van der Waals surface area contributed by atoms with E-state index in [1.807, 2.05) is 0 Å². The maximum Gasteiger partial charge on any atom is 0.252 e. The van der Waals surface area contributed by atoms with Crippen LogP contribution in [0, 0.1) is 0 Å². The summed E-state index contributed by atoms with van der Waals surface area (Å²) in [6.07, 6.45) is 0.392. The highest BCUT2D eigenvalue weighted by atomic mass is 35.5. The second-order valence-electron chi connectivity index (χ2n) is 5.17. The minimum atomic E-state index is -3.69. The molecule has 2 rings (SSSR count). The fraction of sp³-hybridized carbons (Fsp3) is 0.267. The first-order valence-electron chi connectivity index (χ1n) is 6.95. The predicted molar refractivity (Wildman–Crippen MR) is 88.3 cm³/mol. The van der Waals surface area contributed by atoms with Crippen molar-refractivity contribution in [3.05, 3.63) is 52.9 Å². The Morgan fingerprint density at radius 1 is 1.38 bits per heavy atom. The second-order valence-corrected chi connectivity index (χ2v) is 7.73. The summed E-state index contributed by atoms with van der Waals surface area (Å²) in [6.45, 7) is -0.104. The minimum absolute atomic E-state index is 0.00577. The number of rotatable bonds is 6. The number of nitrogens with zero attached hydrogens (tertiary/aromatic N) is 1. The van der Waals surface area contributed by atoms with E-state index in [0.29, 0.717) is 5.76 Å². The highest BCUT2D eigenvalue weighted by Crippen LogP contribution is 2.22. The van der Waals surface area contributed by atoms with Crippen LogP contribution in [0.1, 0.15) is 22.2 Å². The van der Waals surface area contributed by atoms with Crippen LogP contribution in [0.15, 0.2) is 45.9 Å². The number of aliphatic hydroxyl groups is 1. The molecule has 1 amide bonds. The second kappa shape index (κ2) is 7.35. The van der Waals surface area contributed by atoms with Gasteiger partial charge in [0.2, 0.25) is 10.0 Å². The molecule has 1 atom stereocenters. The highest BCUT2D eigenvalue weighted by Gasteiger charge is 2.21. The van der Waals surface area contributed by atoms with E-state index in [1.54, 1.807) is 12.1 Å². The summed E-state index contributed by atoms with van der Waals surface area (Å²) in [6, 6.07) is 7.06. The molecular formula is C15H17ClN2O5S. The molecule has 0 fully saturated rings. The fourth-order valence-corrected chi connectivity index (χ4v) is 3.05. The average Bonchev–Trinajstić information content (AvgIpc) is 3.06. The van der Waals surface area contributed by atoms with Crippen molar-refractivity contribution in [2.24, 2.45) is 0 Å². The number of amides is 1. The fourth-order valence-electron chi connectivity index (χ4n) is 1.92. The van der Waals surface area contributed by atoms with Crippen LogP contribution >= 0.6 is 11.6 Å². The number of sulfonamides is 1. The van der Waals surface area contributed by atoms with E-state index in [4.69, 9.17) is 16.0 Å². The zero-order valence-corrected chi connectivity index (χ0v) is 14.6. The molecule has 2 N–H and O–H groups in total. The summed E-state index contributed by atoms with van der Waals surface area (Å²) in [7, 11) is -0.902. The van der Waals surface area contributed by atoms with Gasteiger partial charge in [0.25, 0.3) is 5.91 Å². The number of carbonyl (C=O) groups is 1. The first kappa shape index (κ1) is 18.5. The van der Waals surface area contributed by atoms with Crippen molar-refractivity contribution >= 4 is 27.5 Å². The molecule has 2 aromatic rings. The summed E-state index contributed by atoms with van der Waals surface area (Å²) < 4.78 is 30.4. The molecule has 0 bridgehead atoms. The normalized spacial score (nSPS) is 13.0. The van der Waals surface area contributed by atoms with Gasteiger partial charge in [-0.1, -0.05) is 11.6 Å². The summed E-state index contributed by atoms with van der Waals surface area (Å²) in [5.74, 6) is -0.285. The smallest absolute Gasteiger partial charge is 0.252 e. The zero-order chi connectivity index (χ0) is 17.9. The van der Waals surface area contributed by atoms with E-state index in [2.05, 4.69) is 5.32 Å².